The van der Waals surface area contributed by atoms with Crippen molar-refractivity contribution in [1.29, 1.82) is 0 Å². The van der Waals surface area contributed by atoms with Crippen LogP contribution in [0.4, 0.5) is 5.69 Å². The third kappa shape index (κ3) is 4.78. The molecule has 0 aliphatic carbocycles. The Bertz CT molecular complexity index is 897. The van der Waals surface area contributed by atoms with Crippen molar-refractivity contribution in [2.75, 3.05) is 11.5 Å². The number of nitrogens with zero attached hydrogens (tertiary/aromatic N) is 1. The normalized spacial score (nSPS) is 14.8. The lowest BCUT2D eigenvalue weighted by molar-refractivity contribution is -0.121. The zero-order valence-corrected chi connectivity index (χ0v) is 17.9. The number of ether oxygens (including phenoxy) is 1. The summed E-state index contributed by atoms with van der Waals surface area (Å²) in [5, 5.41) is 2.97. The van der Waals surface area contributed by atoms with E-state index in [4.69, 9.17) is 4.74 Å². The van der Waals surface area contributed by atoms with E-state index in [0.29, 0.717) is 12.1 Å². The molecule has 2 aromatic carbocycles. The first kappa shape index (κ1) is 20.9. The van der Waals surface area contributed by atoms with E-state index in [-0.39, 0.29) is 29.9 Å². The van der Waals surface area contributed by atoms with Crippen LogP contribution in [-0.4, -0.2) is 24.5 Å². The second kappa shape index (κ2) is 8.27. The molecule has 2 amide bonds. The summed E-state index contributed by atoms with van der Waals surface area (Å²) in [6, 6.07) is 13.6. The van der Waals surface area contributed by atoms with E-state index in [1.54, 1.807) is 4.90 Å². The maximum absolute atomic E-state index is 12.6. The van der Waals surface area contributed by atoms with Gasteiger partial charge in [0.05, 0.1) is 12.2 Å². The van der Waals surface area contributed by atoms with Gasteiger partial charge in [0.15, 0.2) is 6.61 Å². The van der Waals surface area contributed by atoms with Gasteiger partial charge in [-0.05, 0) is 54.2 Å². The Morgan fingerprint density at radius 3 is 2.48 bits per heavy atom. The van der Waals surface area contributed by atoms with E-state index in [1.807, 2.05) is 50.2 Å². The molecule has 154 valence electrons. The van der Waals surface area contributed by atoms with Crippen molar-refractivity contribution in [3.8, 4) is 5.75 Å². The average molecular weight is 395 g/mol. The lowest BCUT2D eigenvalue weighted by atomic mass is 9.86. The van der Waals surface area contributed by atoms with Gasteiger partial charge in [0, 0.05) is 11.6 Å². The van der Waals surface area contributed by atoms with Gasteiger partial charge in [0.2, 0.25) is 0 Å². The molecule has 1 aliphatic rings. The minimum absolute atomic E-state index is 0.0220. The summed E-state index contributed by atoms with van der Waals surface area (Å²) in [6.45, 7) is 10.9. The van der Waals surface area contributed by atoms with Crippen LogP contribution >= 0.6 is 0 Å². The zero-order valence-electron chi connectivity index (χ0n) is 17.9. The molecule has 0 aromatic heterocycles. The highest BCUT2D eigenvalue weighted by molar-refractivity contribution is 5.98. The molecule has 1 heterocycles. The molecule has 1 N–H and O–H groups in total. The molecular formula is C24H30N2O3. The number of carbonyl (C=O) groups excluding carboxylic acids is 2. The van der Waals surface area contributed by atoms with Crippen LogP contribution in [0.2, 0.25) is 0 Å². The Morgan fingerprint density at radius 2 is 1.86 bits per heavy atom. The number of carbonyl (C=O) groups is 2. The molecule has 2 aromatic rings. The molecule has 0 spiro atoms. The van der Waals surface area contributed by atoms with Crippen molar-refractivity contribution < 1.29 is 14.3 Å². The number of anilines is 1. The molecule has 5 nitrogen and oxygen atoms in total. The van der Waals surface area contributed by atoms with Gasteiger partial charge in [-0.2, -0.15) is 0 Å². The van der Waals surface area contributed by atoms with Gasteiger partial charge < -0.3 is 15.0 Å². The lowest BCUT2D eigenvalue weighted by Gasteiger charge is -2.31. The van der Waals surface area contributed by atoms with Crippen LogP contribution in [0.5, 0.6) is 5.75 Å². The number of fused-ring (bicyclic) bond motifs is 1. The zero-order chi connectivity index (χ0) is 21.2. The molecule has 0 unspecified atom stereocenters. The van der Waals surface area contributed by atoms with Crippen molar-refractivity contribution in [3.05, 3.63) is 59.2 Å². The number of rotatable bonds is 5. The molecule has 0 saturated carbocycles. The van der Waals surface area contributed by atoms with E-state index in [2.05, 4.69) is 32.2 Å². The first-order valence-electron chi connectivity index (χ1n) is 10.2. The van der Waals surface area contributed by atoms with E-state index in [0.717, 1.165) is 29.0 Å². The summed E-state index contributed by atoms with van der Waals surface area (Å²) in [7, 11) is 0. The highest BCUT2D eigenvalue weighted by Crippen LogP contribution is 2.37. The Kier molecular flexibility index (Phi) is 5.96. The fourth-order valence-corrected chi connectivity index (χ4v) is 3.20. The number of nitrogens with one attached hydrogen (secondary N) is 1. The Balaban J connectivity index is 1.82. The van der Waals surface area contributed by atoms with Gasteiger partial charge in [-0.1, -0.05) is 45.9 Å². The van der Waals surface area contributed by atoms with Crippen LogP contribution in [0.15, 0.2) is 42.5 Å². The van der Waals surface area contributed by atoms with Crippen LogP contribution < -0.4 is 15.0 Å². The van der Waals surface area contributed by atoms with Crippen LogP contribution in [0.25, 0.3) is 0 Å². The summed E-state index contributed by atoms with van der Waals surface area (Å²) in [5.41, 5.74) is 3.51. The van der Waals surface area contributed by atoms with Crippen LogP contribution in [-0.2, 0) is 16.8 Å². The first-order chi connectivity index (χ1) is 13.7. The van der Waals surface area contributed by atoms with E-state index in [1.165, 1.54) is 0 Å². The predicted octanol–water partition coefficient (Wildman–Crippen LogP) is 4.44. The van der Waals surface area contributed by atoms with Gasteiger partial charge in [-0.15, -0.1) is 0 Å². The summed E-state index contributed by atoms with van der Waals surface area (Å²) < 4.78 is 5.63. The highest BCUT2D eigenvalue weighted by atomic mass is 16.5. The molecule has 1 atom stereocenters. The summed E-state index contributed by atoms with van der Waals surface area (Å²) >= 11 is 0. The largest absolute Gasteiger partial charge is 0.482 e. The molecule has 0 fully saturated rings. The Hall–Kier alpha value is -2.82. The van der Waals surface area contributed by atoms with Crippen molar-refractivity contribution in [3.63, 3.8) is 0 Å². The second-order valence-corrected chi connectivity index (χ2v) is 8.68. The minimum Gasteiger partial charge on any atom is -0.482 e. The number of amides is 2. The maximum Gasteiger partial charge on any atom is 0.265 e. The van der Waals surface area contributed by atoms with Gasteiger partial charge in [-0.25, -0.2) is 0 Å². The second-order valence-electron chi connectivity index (χ2n) is 8.68. The Labute approximate surface area is 173 Å². The Morgan fingerprint density at radius 1 is 1.17 bits per heavy atom. The molecule has 0 bridgehead atoms. The quantitative estimate of drug-likeness (QED) is 0.816. The van der Waals surface area contributed by atoms with Crippen LogP contribution in [0, 0.1) is 0 Å². The van der Waals surface area contributed by atoms with E-state index >= 15 is 0 Å². The summed E-state index contributed by atoms with van der Waals surface area (Å²) in [6.07, 6.45) is 0.888. The molecule has 5 heteroatoms. The maximum atomic E-state index is 12.6. The molecule has 3 rings (SSSR count). The third-order valence-electron chi connectivity index (χ3n) is 5.31. The first-order valence-corrected chi connectivity index (χ1v) is 10.2. The average Bonchev–Trinajstić information content (AvgIpc) is 2.69. The van der Waals surface area contributed by atoms with Gasteiger partial charge in [-0.3, -0.25) is 9.59 Å². The summed E-state index contributed by atoms with van der Waals surface area (Å²) in [5.74, 6) is 0.581. The van der Waals surface area contributed by atoms with Crippen LogP contribution in [0.3, 0.4) is 0 Å². The summed E-state index contributed by atoms with van der Waals surface area (Å²) in [4.78, 5) is 26.6. The van der Waals surface area contributed by atoms with Crippen molar-refractivity contribution in [2.45, 2.75) is 59.0 Å². The van der Waals surface area contributed by atoms with Crippen molar-refractivity contribution in [1.82, 2.24) is 5.32 Å². The topological polar surface area (TPSA) is 58.6 Å². The predicted molar refractivity (Wildman–Crippen MR) is 115 cm³/mol. The number of hydrogen-bond acceptors (Lipinski definition) is 3. The number of benzene rings is 2. The monoisotopic (exact) mass is 394 g/mol. The third-order valence-corrected chi connectivity index (χ3v) is 5.31. The molecule has 29 heavy (non-hydrogen) atoms. The highest BCUT2D eigenvalue weighted by Gasteiger charge is 2.27. The molecular weight excluding hydrogens is 364 g/mol. The van der Waals surface area contributed by atoms with E-state index in [9.17, 15) is 9.59 Å². The fraction of sp³-hybridized carbons (Fsp3) is 0.417. The van der Waals surface area contributed by atoms with Crippen LogP contribution in [0.1, 0.15) is 62.5 Å². The minimum atomic E-state index is -0.0755. The van der Waals surface area contributed by atoms with Gasteiger partial charge in [0.1, 0.15) is 5.75 Å². The fourth-order valence-electron chi connectivity index (χ4n) is 3.20. The van der Waals surface area contributed by atoms with Crippen molar-refractivity contribution >= 4 is 17.5 Å². The molecule has 1 aliphatic heterocycles. The number of hydrogen-bond donors (Lipinski definition) is 1. The van der Waals surface area contributed by atoms with E-state index < -0.39 is 0 Å². The SMILES string of the molecule is CC[C@@H](C)NC(=O)c1ccc(CN2C(=O)COc3ccc(C(C)(C)C)cc32)cc1. The lowest BCUT2D eigenvalue weighted by Crippen LogP contribution is -2.38. The molecule has 0 saturated heterocycles. The van der Waals surface area contributed by atoms with Gasteiger partial charge in [0.25, 0.3) is 11.8 Å². The standard InChI is InChI=1S/C24H30N2O3/c1-6-16(2)25-23(28)18-9-7-17(8-10-18)14-26-20-13-19(24(3,4)5)11-12-21(20)29-15-22(26)27/h7-13,16H,6,14-15H2,1-5H3,(H,25,28)/t16-/m1/s1. The van der Waals surface area contributed by atoms with Gasteiger partial charge >= 0.3 is 0 Å². The van der Waals surface area contributed by atoms with Crippen molar-refractivity contribution in [2.24, 2.45) is 0 Å². The smallest absolute Gasteiger partial charge is 0.265 e. The molecule has 0 radical (unpaired) electrons.